The first kappa shape index (κ1) is 11.2. The molecule has 4 heteroatoms. The molecule has 0 aromatic carbocycles. The Hall–Kier alpha value is -0.870. The lowest BCUT2D eigenvalue weighted by atomic mass is 10.0. The van der Waals surface area contributed by atoms with Crippen LogP contribution in [0.3, 0.4) is 0 Å². The average Bonchev–Trinajstić information content (AvgIpc) is 2.53. The summed E-state index contributed by atoms with van der Waals surface area (Å²) < 4.78 is 10.8. The molecule has 0 aliphatic rings. The summed E-state index contributed by atoms with van der Waals surface area (Å²) in [4.78, 5) is 4.14. The van der Waals surface area contributed by atoms with Gasteiger partial charge in [0, 0.05) is 13.5 Å². The highest BCUT2D eigenvalue weighted by atomic mass is 16.5. The molecule has 0 atom stereocenters. The van der Waals surface area contributed by atoms with Crippen molar-refractivity contribution in [1.29, 1.82) is 0 Å². The van der Waals surface area contributed by atoms with Gasteiger partial charge in [0.2, 0.25) is 5.89 Å². The monoisotopic (exact) mass is 198 g/mol. The van der Waals surface area contributed by atoms with E-state index in [0.717, 1.165) is 18.1 Å². The van der Waals surface area contributed by atoms with Crippen molar-refractivity contribution in [2.24, 2.45) is 0 Å². The second-order valence-electron chi connectivity index (χ2n) is 3.89. The summed E-state index contributed by atoms with van der Waals surface area (Å²) in [7, 11) is 3.56. The summed E-state index contributed by atoms with van der Waals surface area (Å²) in [5.74, 6) is 1.58. The van der Waals surface area contributed by atoms with Crippen LogP contribution in [0.15, 0.2) is 10.6 Å². The second-order valence-corrected chi connectivity index (χ2v) is 3.89. The van der Waals surface area contributed by atoms with Gasteiger partial charge in [0.05, 0.1) is 18.3 Å². The average molecular weight is 198 g/mol. The molecule has 1 aromatic rings. The van der Waals surface area contributed by atoms with E-state index in [-0.39, 0.29) is 5.60 Å². The number of hydrogen-bond acceptors (Lipinski definition) is 4. The number of aromatic nitrogens is 1. The predicted octanol–water partition coefficient (Wildman–Crippen LogP) is 1.36. The lowest BCUT2D eigenvalue weighted by molar-refractivity contribution is 0.0190. The van der Waals surface area contributed by atoms with Crippen LogP contribution in [-0.2, 0) is 17.7 Å². The van der Waals surface area contributed by atoms with Crippen molar-refractivity contribution >= 4 is 0 Å². The highest BCUT2D eigenvalue weighted by Crippen LogP contribution is 2.16. The highest BCUT2D eigenvalue weighted by Gasteiger charge is 2.19. The number of ether oxygens (including phenoxy) is 1. The van der Waals surface area contributed by atoms with Crippen LogP contribution in [-0.4, -0.2) is 24.7 Å². The SMILES string of the molecule is CNCc1ncc(CC(C)(C)OC)o1. The molecule has 80 valence electrons. The fourth-order valence-corrected chi connectivity index (χ4v) is 1.15. The minimum absolute atomic E-state index is 0.198. The van der Waals surface area contributed by atoms with Crippen LogP contribution in [0.5, 0.6) is 0 Å². The van der Waals surface area contributed by atoms with Gasteiger partial charge in [-0.05, 0) is 20.9 Å². The van der Waals surface area contributed by atoms with Gasteiger partial charge in [-0.3, -0.25) is 0 Å². The van der Waals surface area contributed by atoms with Crippen LogP contribution in [0, 0.1) is 0 Å². The zero-order chi connectivity index (χ0) is 10.6. The lowest BCUT2D eigenvalue weighted by Crippen LogP contribution is -2.25. The molecule has 0 aliphatic carbocycles. The number of hydrogen-bond donors (Lipinski definition) is 1. The van der Waals surface area contributed by atoms with Crippen LogP contribution in [0.25, 0.3) is 0 Å². The maximum Gasteiger partial charge on any atom is 0.208 e. The molecule has 4 nitrogen and oxygen atoms in total. The molecule has 0 bridgehead atoms. The summed E-state index contributed by atoms with van der Waals surface area (Å²) >= 11 is 0. The summed E-state index contributed by atoms with van der Waals surface area (Å²) in [5, 5.41) is 2.99. The summed E-state index contributed by atoms with van der Waals surface area (Å²) in [6, 6.07) is 0. The van der Waals surface area contributed by atoms with E-state index < -0.39 is 0 Å². The Labute approximate surface area is 84.7 Å². The lowest BCUT2D eigenvalue weighted by Gasteiger charge is -2.20. The normalized spacial score (nSPS) is 12.0. The Bertz CT molecular complexity index is 281. The van der Waals surface area contributed by atoms with Gasteiger partial charge < -0.3 is 14.5 Å². The molecular weight excluding hydrogens is 180 g/mol. The van der Waals surface area contributed by atoms with Gasteiger partial charge in [0.1, 0.15) is 5.76 Å². The Morgan fingerprint density at radius 1 is 1.57 bits per heavy atom. The molecule has 1 heterocycles. The van der Waals surface area contributed by atoms with Gasteiger partial charge in [0.25, 0.3) is 0 Å². The Morgan fingerprint density at radius 2 is 2.29 bits per heavy atom. The third kappa shape index (κ3) is 3.12. The van der Waals surface area contributed by atoms with E-state index >= 15 is 0 Å². The summed E-state index contributed by atoms with van der Waals surface area (Å²) in [5.41, 5.74) is -0.198. The molecule has 0 amide bonds. The molecule has 0 saturated carbocycles. The van der Waals surface area contributed by atoms with E-state index in [1.54, 1.807) is 13.3 Å². The number of methoxy groups -OCH3 is 1. The van der Waals surface area contributed by atoms with Crippen molar-refractivity contribution < 1.29 is 9.15 Å². The van der Waals surface area contributed by atoms with Crippen LogP contribution in [0.1, 0.15) is 25.5 Å². The summed E-state index contributed by atoms with van der Waals surface area (Å²) in [6.07, 6.45) is 2.49. The van der Waals surface area contributed by atoms with Gasteiger partial charge in [-0.25, -0.2) is 4.98 Å². The van der Waals surface area contributed by atoms with Crippen molar-refractivity contribution in [3.8, 4) is 0 Å². The molecule has 0 spiro atoms. The second kappa shape index (κ2) is 4.57. The first-order valence-electron chi connectivity index (χ1n) is 4.71. The van der Waals surface area contributed by atoms with Crippen molar-refractivity contribution in [3.05, 3.63) is 17.8 Å². The van der Waals surface area contributed by atoms with Gasteiger partial charge in [-0.1, -0.05) is 0 Å². The molecule has 0 saturated heterocycles. The van der Waals surface area contributed by atoms with Gasteiger partial charge >= 0.3 is 0 Å². The first-order valence-corrected chi connectivity index (χ1v) is 4.71. The molecular formula is C10H18N2O2. The topological polar surface area (TPSA) is 47.3 Å². The van der Waals surface area contributed by atoms with Crippen molar-refractivity contribution in [1.82, 2.24) is 10.3 Å². The first-order chi connectivity index (χ1) is 6.57. The van der Waals surface area contributed by atoms with E-state index in [1.807, 2.05) is 20.9 Å². The number of rotatable bonds is 5. The van der Waals surface area contributed by atoms with Crippen LogP contribution < -0.4 is 5.32 Å². The van der Waals surface area contributed by atoms with Crippen LogP contribution in [0.2, 0.25) is 0 Å². The van der Waals surface area contributed by atoms with Crippen molar-refractivity contribution in [2.75, 3.05) is 14.2 Å². The van der Waals surface area contributed by atoms with Crippen molar-refractivity contribution in [2.45, 2.75) is 32.4 Å². The van der Waals surface area contributed by atoms with Crippen molar-refractivity contribution in [3.63, 3.8) is 0 Å². The molecule has 0 aliphatic heterocycles. The number of nitrogens with zero attached hydrogens (tertiary/aromatic N) is 1. The van der Waals surface area contributed by atoms with E-state index in [9.17, 15) is 0 Å². The molecule has 14 heavy (non-hydrogen) atoms. The molecule has 1 aromatic heterocycles. The van der Waals surface area contributed by atoms with E-state index in [2.05, 4.69) is 10.3 Å². The maximum atomic E-state index is 5.51. The molecule has 1 rings (SSSR count). The number of oxazole rings is 1. The quantitative estimate of drug-likeness (QED) is 0.776. The van der Waals surface area contributed by atoms with E-state index in [4.69, 9.17) is 9.15 Å². The zero-order valence-electron chi connectivity index (χ0n) is 9.26. The van der Waals surface area contributed by atoms with Crippen LogP contribution in [0.4, 0.5) is 0 Å². The molecule has 0 unspecified atom stereocenters. The van der Waals surface area contributed by atoms with E-state index in [0.29, 0.717) is 6.54 Å². The molecule has 1 N–H and O–H groups in total. The standard InChI is InChI=1S/C10H18N2O2/c1-10(2,13-4)5-8-6-12-9(14-8)7-11-3/h6,11H,5,7H2,1-4H3. The fraction of sp³-hybridized carbons (Fsp3) is 0.700. The predicted molar refractivity (Wildman–Crippen MR) is 54.1 cm³/mol. The Balaban J connectivity index is 2.59. The Kier molecular flexibility index (Phi) is 3.66. The molecule has 0 fully saturated rings. The zero-order valence-corrected chi connectivity index (χ0v) is 9.26. The highest BCUT2D eigenvalue weighted by molar-refractivity contribution is 4.98. The van der Waals surface area contributed by atoms with E-state index in [1.165, 1.54) is 0 Å². The summed E-state index contributed by atoms with van der Waals surface area (Å²) in [6.45, 7) is 4.70. The third-order valence-electron chi connectivity index (χ3n) is 2.08. The maximum absolute atomic E-state index is 5.51. The van der Waals surface area contributed by atoms with Crippen LogP contribution >= 0.6 is 0 Å². The fourth-order valence-electron chi connectivity index (χ4n) is 1.15. The Morgan fingerprint density at radius 3 is 2.86 bits per heavy atom. The van der Waals surface area contributed by atoms with Gasteiger partial charge in [-0.2, -0.15) is 0 Å². The minimum atomic E-state index is -0.198. The smallest absolute Gasteiger partial charge is 0.208 e. The minimum Gasteiger partial charge on any atom is -0.444 e. The van der Waals surface area contributed by atoms with Gasteiger partial charge in [0.15, 0.2) is 0 Å². The largest absolute Gasteiger partial charge is 0.444 e. The molecule has 0 radical (unpaired) electrons. The number of nitrogens with one attached hydrogen (secondary N) is 1. The van der Waals surface area contributed by atoms with Gasteiger partial charge in [-0.15, -0.1) is 0 Å². The third-order valence-corrected chi connectivity index (χ3v) is 2.08.